The first kappa shape index (κ1) is 13.1. The largest absolute Gasteiger partial charge is 2.00 e. The maximum atomic E-state index is 4.77. The molecule has 0 saturated carbocycles. The third kappa shape index (κ3) is 7.40. The molecule has 4 heteroatoms. The summed E-state index contributed by atoms with van der Waals surface area (Å²) in [7, 11) is 1.94. The Morgan fingerprint density at radius 1 is 1.78 bits per heavy atom. The number of thiol groups is 1. The minimum absolute atomic E-state index is 0. The summed E-state index contributed by atoms with van der Waals surface area (Å²) >= 11 is 8.76. The molecule has 0 aliphatic rings. The van der Waals surface area contributed by atoms with Gasteiger partial charge in [0.25, 0.3) is 0 Å². The molecule has 0 aromatic heterocycles. The van der Waals surface area contributed by atoms with E-state index >= 15 is 0 Å². The molecular formula is C5H13CaNS2. The zero-order chi connectivity index (χ0) is 6.57. The van der Waals surface area contributed by atoms with Gasteiger partial charge in [-0.05, 0) is 6.42 Å². The second-order valence-electron chi connectivity index (χ2n) is 1.70. The summed E-state index contributed by atoms with van der Waals surface area (Å²) in [6.07, 6.45) is 1.12. The maximum absolute atomic E-state index is 4.77. The molecule has 0 saturated heterocycles. The Bertz CT molecular complexity index is 94.6. The van der Waals surface area contributed by atoms with Gasteiger partial charge in [-0.3, -0.25) is 0 Å². The smallest absolute Gasteiger partial charge is 1.00 e. The number of hydrogen-bond acceptors (Lipinski definition) is 1. The first-order chi connectivity index (χ1) is 3.68. The van der Waals surface area contributed by atoms with Gasteiger partial charge in [0.15, 0.2) is 0 Å². The van der Waals surface area contributed by atoms with E-state index in [2.05, 4.69) is 19.6 Å². The van der Waals surface area contributed by atoms with Crippen molar-refractivity contribution in [2.24, 2.45) is 0 Å². The van der Waals surface area contributed by atoms with E-state index in [9.17, 15) is 0 Å². The van der Waals surface area contributed by atoms with Crippen molar-refractivity contribution in [3.8, 4) is 0 Å². The zero-order valence-corrected chi connectivity index (χ0v) is 9.84. The third-order valence-electron chi connectivity index (χ3n) is 0.886. The van der Waals surface area contributed by atoms with Crippen molar-refractivity contribution in [1.82, 2.24) is 4.90 Å². The van der Waals surface area contributed by atoms with Crippen molar-refractivity contribution in [3.63, 3.8) is 0 Å². The van der Waals surface area contributed by atoms with Crippen LogP contribution in [0.2, 0.25) is 0 Å². The van der Waals surface area contributed by atoms with Crippen LogP contribution in [0.25, 0.3) is 0 Å². The van der Waals surface area contributed by atoms with Crippen molar-refractivity contribution in [1.29, 1.82) is 0 Å². The van der Waals surface area contributed by atoms with Gasteiger partial charge in [-0.1, -0.05) is 19.1 Å². The summed E-state index contributed by atoms with van der Waals surface area (Å²) in [5.41, 5.74) is 0. The molecule has 0 rings (SSSR count). The van der Waals surface area contributed by atoms with E-state index in [0.29, 0.717) is 4.32 Å². The Balaban J connectivity index is -0.0000000817. The first-order valence-electron chi connectivity index (χ1n) is 2.62. The molecule has 0 N–H and O–H groups in total. The van der Waals surface area contributed by atoms with Crippen LogP contribution in [-0.2, 0) is 0 Å². The van der Waals surface area contributed by atoms with Gasteiger partial charge in [-0.15, -0.1) is 12.6 Å². The summed E-state index contributed by atoms with van der Waals surface area (Å²) in [4.78, 5) is 1.94. The van der Waals surface area contributed by atoms with E-state index in [4.69, 9.17) is 12.2 Å². The van der Waals surface area contributed by atoms with Crippen molar-refractivity contribution >= 4 is 66.9 Å². The number of nitrogens with zero attached hydrogens (tertiary/aromatic N) is 1. The van der Waals surface area contributed by atoms with Crippen LogP contribution in [-0.4, -0.2) is 60.6 Å². The average molecular weight is 191 g/mol. The molecule has 0 bridgehead atoms. The van der Waals surface area contributed by atoms with Crippen molar-refractivity contribution in [2.45, 2.75) is 13.3 Å². The predicted molar refractivity (Wildman–Crippen MR) is 52.5 cm³/mol. The predicted octanol–water partition coefficient (Wildman–Crippen LogP) is 1.39. The topological polar surface area (TPSA) is 3.24 Å². The van der Waals surface area contributed by atoms with Crippen LogP contribution in [0, 0.1) is 0 Å². The van der Waals surface area contributed by atoms with E-state index in [-0.39, 0.29) is 40.6 Å². The zero-order valence-electron chi connectivity index (χ0n) is 7.92. The van der Waals surface area contributed by atoms with Gasteiger partial charge >= 0.3 is 37.7 Å². The Morgan fingerprint density at radius 2 is 2.22 bits per heavy atom. The molecular weight excluding hydrogens is 178 g/mol. The molecule has 0 spiro atoms. The van der Waals surface area contributed by atoms with Crippen molar-refractivity contribution in [3.05, 3.63) is 0 Å². The Hall–Kier alpha value is 1.50. The standard InChI is InChI=1S/C5H11NS2.Ca.2H/c1-3-4-6(2)5(7)8;;;/h3-4H2,1-2H3,(H,7,8);;;/q;+2;2*-1. The Morgan fingerprint density at radius 3 is 2.33 bits per heavy atom. The van der Waals surface area contributed by atoms with E-state index < -0.39 is 0 Å². The van der Waals surface area contributed by atoms with Crippen LogP contribution in [0.15, 0.2) is 0 Å². The Kier molecular flexibility index (Phi) is 11.1. The summed E-state index contributed by atoms with van der Waals surface area (Å²) in [5, 5.41) is 0. The summed E-state index contributed by atoms with van der Waals surface area (Å²) in [5.74, 6) is 0. The molecule has 52 valence electrons. The second kappa shape index (κ2) is 7.61. The van der Waals surface area contributed by atoms with Gasteiger partial charge < -0.3 is 7.75 Å². The fourth-order valence-corrected chi connectivity index (χ4v) is 0.622. The molecule has 0 radical (unpaired) electrons. The molecule has 0 aromatic rings. The van der Waals surface area contributed by atoms with E-state index in [1.807, 2.05) is 11.9 Å². The second-order valence-corrected chi connectivity index (χ2v) is 2.82. The molecule has 0 fully saturated rings. The van der Waals surface area contributed by atoms with Crippen LogP contribution in [0.1, 0.15) is 16.2 Å². The van der Waals surface area contributed by atoms with Gasteiger partial charge in [-0.25, -0.2) is 0 Å². The van der Waals surface area contributed by atoms with Crippen LogP contribution in [0.4, 0.5) is 0 Å². The van der Waals surface area contributed by atoms with Crippen LogP contribution in [0.5, 0.6) is 0 Å². The normalized spacial score (nSPS) is 7.89. The third-order valence-corrected chi connectivity index (χ3v) is 1.54. The molecule has 0 atom stereocenters. The molecule has 0 aromatic carbocycles. The number of hydrogen-bond donors (Lipinski definition) is 1. The van der Waals surface area contributed by atoms with Gasteiger partial charge in [0.1, 0.15) is 4.32 Å². The quantitative estimate of drug-likeness (QED) is 0.399. The van der Waals surface area contributed by atoms with E-state index in [1.165, 1.54) is 0 Å². The molecule has 0 amide bonds. The summed E-state index contributed by atoms with van der Waals surface area (Å²) in [6.45, 7) is 3.12. The minimum atomic E-state index is 0. The van der Waals surface area contributed by atoms with Gasteiger partial charge in [0.05, 0.1) is 0 Å². The maximum Gasteiger partial charge on any atom is 2.00 e. The summed E-state index contributed by atoms with van der Waals surface area (Å²) in [6, 6.07) is 0. The monoisotopic (exact) mass is 191 g/mol. The fraction of sp³-hybridized carbons (Fsp3) is 0.800. The van der Waals surface area contributed by atoms with Crippen molar-refractivity contribution in [2.75, 3.05) is 13.6 Å². The molecule has 1 nitrogen and oxygen atoms in total. The molecule has 0 aliphatic carbocycles. The van der Waals surface area contributed by atoms with Gasteiger partial charge in [-0.2, -0.15) is 0 Å². The van der Waals surface area contributed by atoms with Gasteiger partial charge in [0.2, 0.25) is 0 Å². The van der Waals surface area contributed by atoms with Gasteiger partial charge in [0, 0.05) is 13.6 Å². The van der Waals surface area contributed by atoms with E-state index in [1.54, 1.807) is 0 Å². The minimum Gasteiger partial charge on any atom is -1.00 e. The molecule has 0 unspecified atom stereocenters. The summed E-state index contributed by atoms with van der Waals surface area (Å²) < 4.78 is 0.673. The van der Waals surface area contributed by atoms with Crippen molar-refractivity contribution < 1.29 is 2.85 Å². The van der Waals surface area contributed by atoms with E-state index in [0.717, 1.165) is 13.0 Å². The van der Waals surface area contributed by atoms with Crippen LogP contribution in [0.3, 0.4) is 0 Å². The van der Waals surface area contributed by atoms with Crippen LogP contribution < -0.4 is 0 Å². The fourth-order valence-electron chi connectivity index (χ4n) is 0.431. The number of thiocarbonyl (C=S) groups is 1. The Labute approximate surface area is 101 Å². The SMILES string of the molecule is CCCN(C)C(=S)S.[Ca+2].[H-].[H-]. The number of rotatable bonds is 2. The first-order valence-corrected chi connectivity index (χ1v) is 3.48. The average Bonchev–Trinajstić information content (AvgIpc) is 1.67. The molecule has 0 aliphatic heterocycles. The molecule has 0 heterocycles. The van der Waals surface area contributed by atoms with Crippen LogP contribution >= 0.6 is 24.8 Å². The molecule has 9 heavy (non-hydrogen) atoms.